The number of piperidine rings is 1. The van der Waals surface area contributed by atoms with Crippen LogP contribution in [0.1, 0.15) is 19.8 Å². The van der Waals surface area contributed by atoms with Crippen LogP contribution in [0.2, 0.25) is 0 Å². The molecule has 0 aromatic heterocycles. The van der Waals surface area contributed by atoms with Crippen molar-refractivity contribution >= 4 is 11.6 Å². The zero-order valence-electron chi connectivity index (χ0n) is 11.1. The lowest BCUT2D eigenvalue weighted by atomic mass is 9.94. The minimum atomic E-state index is -0.651. The molecule has 5 heteroatoms. The molecule has 1 aliphatic rings. The van der Waals surface area contributed by atoms with Gasteiger partial charge in [0.25, 0.3) is 5.91 Å². The molecule has 1 aliphatic heterocycles. The Kier molecular flexibility index (Phi) is 3.95. The molecule has 1 fully saturated rings. The fourth-order valence-corrected chi connectivity index (χ4v) is 2.08. The number of nitrogens with zero attached hydrogens (tertiary/aromatic N) is 1. The van der Waals surface area contributed by atoms with Gasteiger partial charge in [-0.25, -0.2) is 0 Å². The number of nitrogen functional groups attached to an aromatic ring is 1. The monoisotopic (exact) mass is 264 g/mol. The first-order valence-corrected chi connectivity index (χ1v) is 6.45. The summed E-state index contributed by atoms with van der Waals surface area (Å²) in [6.07, 6.45) is 1.21. The van der Waals surface area contributed by atoms with E-state index in [1.165, 1.54) is 0 Å². The van der Waals surface area contributed by atoms with Crippen LogP contribution < -0.4 is 10.5 Å². The highest BCUT2D eigenvalue weighted by molar-refractivity contribution is 5.78. The maximum atomic E-state index is 12.0. The number of nitrogens with two attached hydrogens (primary N) is 1. The largest absolute Gasteiger partial charge is 0.482 e. The van der Waals surface area contributed by atoms with Gasteiger partial charge < -0.3 is 20.5 Å². The summed E-state index contributed by atoms with van der Waals surface area (Å²) in [5.74, 6) is 0.457. The standard InChI is InChI=1S/C14H20N2O3/c1-14(18)6-8-16(9-7-14)13(17)10-19-12-5-3-2-4-11(12)15/h2-5,18H,6-10,15H2,1H3. The van der Waals surface area contributed by atoms with Crippen molar-refractivity contribution in [1.29, 1.82) is 0 Å². The summed E-state index contributed by atoms with van der Waals surface area (Å²) < 4.78 is 5.43. The SMILES string of the molecule is CC1(O)CCN(C(=O)COc2ccccc2N)CC1. The first-order valence-electron chi connectivity index (χ1n) is 6.45. The molecule has 1 aromatic rings. The van der Waals surface area contributed by atoms with Gasteiger partial charge in [-0.1, -0.05) is 12.1 Å². The fourth-order valence-electron chi connectivity index (χ4n) is 2.08. The van der Waals surface area contributed by atoms with Crippen molar-refractivity contribution in [2.24, 2.45) is 0 Å². The molecular formula is C14H20N2O3. The van der Waals surface area contributed by atoms with E-state index in [-0.39, 0.29) is 12.5 Å². The Balaban J connectivity index is 1.84. The summed E-state index contributed by atoms with van der Waals surface area (Å²) in [6.45, 7) is 2.92. The molecule has 19 heavy (non-hydrogen) atoms. The van der Waals surface area contributed by atoms with E-state index in [1.807, 2.05) is 12.1 Å². The number of hydrogen-bond acceptors (Lipinski definition) is 4. The van der Waals surface area contributed by atoms with Gasteiger partial charge in [0.05, 0.1) is 11.3 Å². The molecule has 5 nitrogen and oxygen atoms in total. The zero-order valence-corrected chi connectivity index (χ0v) is 11.1. The van der Waals surface area contributed by atoms with E-state index in [4.69, 9.17) is 10.5 Å². The Labute approximate surface area is 113 Å². The van der Waals surface area contributed by atoms with Crippen LogP contribution in [0.15, 0.2) is 24.3 Å². The molecule has 0 saturated carbocycles. The number of aliphatic hydroxyl groups is 1. The molecule has 104 valence electrons. The Morgan fingerprint density at radius 2 is 2.05 bits per heavy atom. The van der Waals surface area contributed by atoms with Crippen LogP contribution in [0.3, 0.4) is 0 Å². The number of para-hydroxylation sites is 2. The predicted molar refractivity (Wildman–Crippen MR) is 72.8 cm³/mol. The maximum Gasteiger partial charge on any atom is 0.260 e. The van der Waals surface area contributed by atoms with E-state index in [0.29, 0.717) is 37.4 Å². The van der Waals surface area contributed by atoms with E-state index < -0.39 is 5.60 Å². The minimum Gasteiger partial charge on any atom is -0.482 e. The summed E-state index contributed by atoms with van der Waals surface area (Å²) in [5.41, 5.74) is 5.61. The summed E-state index contributed by atoms with van der Waals surface area (Å²) in [6, 6.07) is 7.10. The number of anilines is 1. The lowest BCUT2D eigenvalue weighted by Crippen LogP contribution is -2.46. The quantitative estimate of drug-likeness (QED) is 0.799. The van der Waals surface area contributed by atoms with Gasteiger partial charge in [0, 0.05) is 13.1 Å². The molecule has 2 rings (SSSR count). The highest BCUT2D eigenvalue weighted by Gasteiger charge is 2.29. The van der Waals surface area contributed by atoms with Crippen LogP contribution in [0, 0.1) is 0 Å². The average Bonchev–Trinajstić information content (AvgIpc) is 2.37. The van der Waals surface area contributed by atoms with Gasteiger partial charge in [0.15, 0.2) is 6.61 Å². The maximum absolute atomic E-state index is 12.0. The van der Waals surface area contributed by atoms with Crippen LogP contribution in [-0.4, -0.2) is 41.2 Å². The summed E-state index contributed by atoms with van der Waals surface area (Å²) in [7, 11) is 0. The number of ether oxygens (including phenoxy) is 1. The molecule has 1 amide bonds. The average molecular weight is 264 g/mol. The molecule has 3 N–H and O–H groups in total. The van der Waals surface area contributed by atoms with Crippen LogP contribution in [-0.2, 0) is 4.79 Å². The molecule has 1 saturated heterocycles. The van der Waals surface area contributed by atoms with E-state index >= 15 is 0 Å². The van der Waals surface area contributed by atoms with Crippen molar-refractivity contribution in [2.75, 3.05) is 25.4 Å². The number of amides is 1. The topological polar surface area (TPSA) is 75.8 Å². The second kappa shape index (κ2) is 5.48. The van der Waals surface area contributed by atoms with Gasteiger partial charge in [-0.3, -0.25) is 4.79 Å². The highest BCUT2D eigenvalue weighted by Crippen LogP contribution is 2.22. The first-order chi connectivity index (χ1) is 8.98. The molecule has 0 aliphatic carbocycles. The van der Waals surface area contributed by atoms with Gasteiger partial charge in [-0.15, -0.1) is 0 Å². The highest BCUT2D eigenvalue weighted by atomic mass is 16.5. The third kappa shape index (κ3) is 3.61. The van der Waals surface area contributed by atoms with Gasteiger partial charge >= 0.3 is 0 Å². The van der Waals surface area contributed by atoms with E-state index in [0.717, 1.165) is 0 Å². The van der Waals surface area contributed by atoms with Gasteiger partial charge in [-0.05, 0) is 31.9 Å². The number of hydrogen-bond donors (Lipinski definition) is 2. The van der Waals surface area contributed by atoms with E-state index in [1.54, 1.807) is 24.0 Å². The predicted octanol–water partition coefficient (Wildman–Crippen LogP) is 1.02. The van der Waals surface area contributed by atoms with E-state index in [9.17, 15) is 9.90 Å². The normalized spacial score (nSPS) is 18.1. The Morgan fingerprint density at radius 3 is 2.68 bits per heavy atom. The molecule has 0 unspecified atom stereocenters. The third-order valence-corrected chi connectivity index (χ3v) is 3.46. The van der Waals surface area contributed by atoms with Crippen molar-refractivity contribution < 1.29 is 14.6 Å². The van der Waals surface area contributed by atoms with Gasteiger partial charge in [-0.2, -0.15) is 0 Å². The fraction of sp³-hybridized carbons (Fsp3) is 0.500. The summed E-state index contributed by atoms with van der Waals surface area (Å²) in [4.78, 5) is 13.7. The van der Waals surface area contributed by atoms with Crippen molar-refractivity contribution in [3.05, 3.63) is 24.3 Å². The number of benzene rings is 1. The number of likely N-dealkylation sites (tertiary alicyclic amines) is 1. The summed E-state index contributed by atoms with van der Waals surface area (Å²) >= 11 is 0. The Bertz CT molecular complexity index is 450. The van der Waals surface area contributed by atoms with Crippen LogP contribution >= 0.6 is 0 Å². The number of rotatable bonds is 3. The molecule has 0 spiro atoms. The summed E-state index contributed by atoms with van der Waals surface area (Å²) in [5, 5.41) is 9.83. The van der Waals surface area contributed by atoms with Crippen molar-refractivity contribution in [3.63, 3.8) is 0 Å². The Hall–Kier alpha value is -1.75. The van der Waals surface area contributed by atoms with Crippen molar-refractivity contribution in [1.82, 2.24) is 4.90 Å². The van der Waals surface area contributed by atoms with Crippen LogP contribution in [0.25, 0.3) is 0 Å². The molecule has 1 heterocycles. The third-order valence-electron chi connectivity index (χ3n) is 3.46. The first kappa shape index (κ1) is 13.7. The van der Waals surface area contributed by atoms with Gasteiger partial charge in [0.1, 0.15) is 5.75 Å². The minimum absolute atomic E-state index is 0.0175. The Morgan fingerprint density at radius 1 is 1.42 bits per heavy atom. The van der Waals surface area contributed by atoms with Crippen LogP contribution in [0.4, 0.5) is 5.69 Å². The molecular weight excluding hydrogens is 244 g/mol. The van der Waals surface area contributed by atoms with Gasteiger partial charge in [0.2, 0.25) is 0 Å². The second-order valence-electron chi connectivity index (χ2n) is 5.20. The second-order valence-corrected chi connectivity index (χ2v) is 5.20. The smallest absolute Gasteiger partial charge is 0.260 e. The number of carbonyl (C=O) groups is 1. The lowest BCUT2D eigenvalue weighted by Gasteiger charge is -2.35. The van der Waals surface area contributed by atoms with Crippen molar-refractivity contribution in [3.8, 4) is 5.75 Å². The molecule has 0 radical (unpaired) electrons. The van der Waals surface area contributed by atoms with Crippen LogP contribution in [0.5, 0.6) is 5.75 Å². The van der Waals surface area contributed by atoms with Crippen molar-refractivity contribution in [2.45, 2.75) is 25.4 Å². The lowest BCUT2D eigenvalue weighted by molar-refractivity contribution is -0.137. The molecule has 1 aromatic carbocycles. The molecule has 0 bridgehead atoms. The molecule has 0 atom stereocenters. The zero-order chi connectivity index (χ0) is 13.9. The number of carbonyl (C=O) groups excluding carboxylic acids is 1. The van der Waals surface area contributed by atoms with E-state index in [2.05, 4.69) is 0 Å².